The summed E-state index contributed by atoms with van der Waals surface area (Å²) >= 11 is 0. The maximum atomic E-state index is 5.79. The number of rotatable bonds is 4. The molecule has 0 amide bonds. The van der Waals surface area contributed by atoms with E-state index in [0.717, 1.165) is 6.42 Å². The highest BCUT2D eigenvalue weighted by molar-refractivity contribution is 6.66. The molecule has 1 unspecified atom stereocenters. The number of hydrogen-bond acceptors (Lipinski definition) is 1. The van der Waals surface area contributed by atoms with Crippen molar-refractivity contribution in [3.05, 3.63) is 30.3 Å². The van der Waals surface area contributed by atoms with Crippen molar-refractivity contribution < 1.29 is 4.65 Å². The van der Waals surface area contributed by atoms with E-state index in [-0.39, 0.29) is 6.92 Å². The molecule has 1 aromatic rings. The second kappa shape index (κ2) is 5.08. The number of hydrogen-bond donors (Lipinski definition) is 0. The molecule has 0 aliphatic rings. The summed E-state index contributed by atoms with van der Waals surface area (Å²) in [6.07, 6.45) is 1.41. The molecule has 0 bridgehead atoms. The van der Waals surface area contributed by atoms with Gasteiger partial charge in [0.1, 0.15) is 0 Å². The zero-order valence-electron chi connectivity index (χ0n) is 8.66. The van der Waals surface area contributed by atoms with Crippen LogP contribution in [0.25, 0.3) is 0 Å². The van der Waals surface area contributed by atoms with Crippen LogP contribution in [-0.4, -0.2) is 13.0 Å². The molecule has 0 saturated carbocycles. The molecule has 0 N–H and O–H groups in total. The minimum absolute atomic E-state index is 0.205. The minimum atomic E-state index is 0.205. The van der Waals surface area contributed by atoms with E-state index in [9.17, 15) is 0 Å². The van der Waals surface area contributed by atoms with Crippen molar-refractivity contribution in [3.8, 4) is 0 Å². The Morgan fingerprint density at radius 2 is 1.92 bits per heavy atom. The normalized spacial score (nSPS) is 12.5. The highest BCUT2D eigenvalue weighted by Gasteiger charge is 2.13. The smallest absolute Gasteiger partial charge is 0.323 e. The largest absolute Gasteiger partial charge is 0.429 e. The van der Waals surface area contributed by atoms with E-state index >= 15 is 0 Å². The van der Waals surface area contributed by atoms with Gasteiger partial charge in [-0.25, -0.2) is 0 Å². The van der Waals surface area contributed by atoms with Crippen molar-refractivity contribution in [1.82, 2.24) is 0 Å². The van der Waals surface area contributed by atoms with E-state index in [1.165, 1.54) is 5.46 Å². The van der Waals surface area contributed by atoms with Crippen LogP contribution in [0.2, 0.25) is 6.82 Å². The van der Waals surface area contributed by atoms with E-state index < -0.39 is 0 Å². The molecule has 70 valence electrons. The summed E-state index contributed by atoms with van der Waals surface area (Å²) in [4.78, 5) is 0. The summed E-state index contributed by atoms with van der Waals surface area (Å²) in [7, 11) is 0. The predicted molar refractivity (Wildman–Crippen MR) is 58.5 cm³/mol. The highest BCUT2D eigenvalue weighted by Crippen LogP contribution is 1.99. The molecule has 0 radical (unpaired) electrons. The lowest BCUT2D eigenvalue weighted by atomic mass is 9.63. The Labute approximate surface area is 81.2 Å². The molecule has 0 saturated heterocycles. The van der Waals surface area contributed by atoms with Crippen LogP contribution in [0.15, 0.2) is 30.3 Å². The summed E-state index contributed by atoms with van der Waals surface area (Å²) in [5.74, 6) is 0. The van der Waals surface area contributed by atoms with E-state index in [0.29, 0.717) is 6.10 Å². The number of benzene rings is 1. The average molecular weight is 176 g/mol. The maximum absolute atomic E-state index is 5.79. The van der Waals surface area contributed by atoms with E-state index in [4.69, 9.17) is 4.65 Å². The van der Waals surface area contributed by atoms with Gasteiger partial charge in [-0.15, -0.1) is 0 Å². The first kappa shape index (κ1) is 10.3. The van der Waals surface area contributed by atoms with Gasteiger partial charge in [0, 0.05) is 6.10 Å². The third kappa shape index (κ3) is 3.23. The summed E-state index contributed by atoms with van der Waals surface area (Å²) in [5, 5.41) is 0. The second-order valence-corrected chi connectivity index (χ2v) is 3.41. The van der Waals surface area contributed by atoms with Gasteiger partial charge in [-0.05, 0) is 18.8 Å². The topological polar surface area (TPSA) is 9.23 Å². The van der Waals surface area contributed by atoms with Gasteiger partial charge in [-0.1, -0.05) is 44.1 Å². The average Bonchev–Trinajstić information content (AvgIpc) is 2.19. The Hall–Kier alpha value is -0.755. The van der Waals surface area contributed by atoms with Crippen LogP contribution in [0.5, 0.6) is 0 Å². The molecular formula is C11H17BO. The molecule has 0 aromatic heterocycles. The summed E-state index contributed by atoms with van der Waals surface area (Å²) in [6.45, 7) is 6.56. The van der Waals surface area contributed by atoms with Crippen molar-refractivity contribution in [2.45, 2.75) is 33.2 Å². The van der Waals surface area contributed by atoms with Gasteiger partial charge >= 0.3 is 6.92 Å². The van der Waals surface area contributed by atoms with Gasteiger partial charge in [-0.3, -0.25) is 0 Å². The minimum Gasteiger partial charge on any atom is -0.429 e. The SMILES string of the molecule is CCC(C)OB(C)c1ccccc1. The Morgan fingerprint density at radius 1 is 1.31 bits per heavy atom. The second-order valence-electron chi connectivity index (χ2n) is 3.41. The fourth-order valence-electron chi connectivity index (χ4n) is 1.25. The third-order valence-electron chi connectivity index (χ3n) is 2.28. The monoisotopic (exact) mass is 176 g/mol. The molecule has 1 rings (SSSR count). The van der Waals surface area contributed by atoms with Crippen LogP contribution in [0.4, 0.5) is 0 Å². The van der Waals surface area contributed by atoms with Crippen LogP contribution in [0, 0.1) is 0 Å². The summed E-state index contributed by atoms with van der Waals surface area (Å²) < 4.78 is 5.79. The third-order valence-corrected chi connectivity index (χ3v) is 2.28. The quantitative estimate of drug-likeness (QED) is 0.639. The maximum Gasteiger partial charge on any atom is 0.323 e. The van der Waals surface area contributed by atoms with Crippen molar-refractivity contribution in [2.75, 3.05) is 0 Å². The lowest BCUT2D eigenvalue weighted by molar-refractivity contribution is 0.224. The van der Waals surface area contributed by atoms with Crippen LogP contribution in [-0.2, 0) is 4.65 Å². The molecule has 2 heteroatoms. The highest BCUT2D eigenvalue weighted by atomic mass is 16.4. The van der Waals surface area contributed by atoms with E-state index in [1.54, 1.807) is 0 Å². The molecule has 13 heavy (non-hydrogen) atoms. The molecule has 0 heterocycles. The van der Waals surface area contributed by atoms with Gasteiger partial charge in [0.05, 0.1) is 0 Å². The Kier molecular flexibility index (Phi) is 4.03. The predicted octanol–water partition coefficient (Wildman–Crippen LogP) is 2.33. The van der Waals surface area contributed by atoms with Crippen molar-refractivity contribution in [1.29, 1.82) is 0 Å². The van der Waals surface area contributed by atoms with Crippen LogP contribution >= 0.6 is 0 Å². The van der Waals surface area contributed by atoms with Crippen LogP contribution in [0.1, 0.15) is 20.3 Å². The van der Waals surface area contributed by atoms with Crippen molar-refractivity contribution in [3.63, 3.8) is 0 Å². The zero-order valence-corrected chi connectivity index (χ0v) is 8.66. The van der Waals surface area contributed by atoms with Gasteiger partial charge < -0.3 is 4.65 Å². The molecule has 0 fully saturated rings. The van der Waals surface area contributed by atoms with Crippen LogP contribution < -0.4 is 5.46 Å². The van der Waals surface area contributed by atoms with Crippen molar-refractivity contribution in [2.24, 2.45) is 0 Å². The molecule has 0 aliphatic heterocycles. The van der Waals surface area contributed by atoms with Crippen molar-refractivity contribution >= 4 is 12.4 Å². The van der Waals surface area contributed by atoms with Crippen LogP contribution in [0.3, 0.4) is 0 Å². The fourth-order valence-corrected chi connectivity index (χ4v) is 1.25. The lowest BCUT2D eigenvalue weighted by Crippen LogP contribution is -2.33. The molecule has 1 atom stereocenters. The van der Waals surface area contributed by atoms with Gasteiger partial charge in [0.15, 0.2) is 0 Å². The van der Waals surface area contributed by atoms with Gasteiger partial charge in [0.25, 0.3) is 0 Å². The first-order valence-electron chi connectivity index (χ1n) is 4.94. The molecule has 0 spiro atoms. The Morgan fingerprint density at radius 3 is 2.46 bits per heavy atom. The zero-order chi connectivity index (χ0) is 9.68. The van der Waals surface area contributed by atoms with E-state index in [1.807, 2.05) is 18.2 Å². The molecule has 0 aliphatic carbocycles. The molecular weight excluding hydrogens is 159 g/mol. The Balaban J connectivity index is 2.53. The van der Waals surface area contributed by atoms with Gasteiger partial charge in [0.2, 0.25) is 0 Å². The molecule has 1 aromatic carbocycles. The van der Waals surface area contributed by atoms with Gasteiger partial charge in [-0.2, -0.15) is 0 Å². The first-order chi connectivity index (χ1) is 6.24. The fraction of sp³-hybridized carbons (Fsp3) is 0.455. The Bertz CT molecular complexity index is 235. The van der Waals surface area contributed by atoms with E-state index in [2.05, 4.69) is 32.8 Å². The standard InChI is InChI=1S/C11H17BO/c1-4-10(2)13-12(3)11-8-6-5-7-9-11/h5-10H,4H2,1-3H3. The lowest BCUT2D eigenvalue weighted by Gasteiger charge is -2.15. The summed E-state index contributed by atoms with van der Waals surface area (Å²) in [5.41, 5.74) is 1.25. The summed E-state index contributed by atoms with van der Waals surface area (Å²) in [6, 6.07) is 10.3. The molecule has 1 nitrogen and oxygen atoms in total. The first-order valence-corrected chi connectivity index (χ1v) is 4.94.